The number of carboxylic acids is 1. The van der Waals surface area contributed by atoms with Gasteiger partial charge in [0.2, 0.25) is 5.36 Å². The topological polar surface area (TPSA) is 108 Å². The minimum atomic E-state index is -5.19. The molecular weight excluding hydrogens is 415 g/mol. The van der Waals surface area contributed by atoms with Gasteiger partial charge in [-0.15, -0.1) is 0 Å². The van der Waals surface area contributed by atoms with Gasteiger partial charge in [-0.25, -0.2) is 4.58 Å². The SMILES string of the molecule is C[N+]1=c2cc(NCCc3ccc(O)cc3)c(O)c3c2=C(C=N3)CC1.O=C([O-])C(F)(F)F. The normalized spacial score (nSPS) is 14.1. The van der Waals surface area contributed by atoms with Crippen LogP contribution in [0.3, 0.4) is 0 Å². The Kier molecular flexibility index (Phi) is 6.19. The van der Waals surface area contributed by atoms with E-state index < -0.39 is 12.1 Å². The smallest absolute Gasteiger partial charge is 0.430 e. The second-order valence-corrected chi connectivity index (χ2v) is 7.10. The number of hydrogen-bond donors (Lipinski definition) is 3. The first-order valence-corrected chi connectivity index (χ1v) is 9.39. The van der Waals surface area contributed by atoms with Gasteiger partial charge in [-0.05, 0) is 29.7 Å². The van der Waals surface area contributed by atoms with Gasteiger partial charge in [-0.1, -0.05) is 12.1 Å². The lowest BCUT2D eigenvalue weighted by Crippen LogP contribution is -2.43. The van der Waals surface area contributed by atoms with Crippen LogP contribution in [0.15, 0.2) is 35.3 Å². The first-order valence-electron chi connectivity index (χ1n) is 9.39. The van der Waals surface area contributed by atoms with E-state index in [1.54, 1.807) is 12.1 Å². The summed E-state index contributed by atoms with van der Waals surface area (Å²) in [4.78, 5) is 13.2. The van der Waals surface area contributed by atoms with E-state index in [9.17, 15) is 23.4 Å². The number of aliphatic carboxylic acids is 1. The van der Waals surface area contributed by atoms with Crippen molar-refractivity contribution in [2.45, 2.75) is 19.0 Å². The average Bonchev–Trinajstić information content (AvgIpc) is 3.14. The average molecular weight is 435 g/mol. The summed E-state index contributed by atoms with van der Waals surface area (Å²) >= 11 is 0. The molecule has 0 amide bonds. The molecule has 0 fully saturated rings. The van der Waals surface area contributed by atoms with Gasteiger partial charge in [0.1, 0.15) is 31.0 Å². The molecule has 0 spiro atoms. The van der Waals surface area contributed by atoms with Crippen molar-refractivity contribution in [1.82, 2.24) is 4.58 Å². The lowest BCUT2D eigenvalue weighted by Gasteiger charge is -2.11. The Morgan fingerprint density at radius 2 is 1.90 bits per heavy atom. The Bertz CT molecular complexity index is 1160. The van der Waals surface area contributed by atoms with E-state index in [0.717, 1.165) is 41.2 Å². The van der Waals surface area contributed by atoms with Crippen LogP contribution < -0.4 is 25.6 Å². The summed E-state index contributed by atoms with van der Waals surface area (Å²) in [5, 5.41) is 34.2. The molecule has 0 radical (unpaired) electrons. The fraction of sp³-hybridized carbons (Fsp3) is 0.286. The number of carbonyl (C=O) groups excluding carboxylic acids is 1. The molecule has 2 aromatic carbocycles. The fourth-order valence-corrected chi connectivity index (χ4v) is 3.33. The molecule has 0 saturated carbocycles. The van der Waals surface area contributed by atoms with Crippen LogP contribution in [0.5, 0.6) is 11.5 Å². The fourth-order valence-electron chi connectivity index (χ4n) is 3.33. The number of halogens is 3. The zero-order valence-corrected chi connectivity index (χ0v) is 16.5. The number of hydrogen-bond acceptors (Lipinski definition) is 6. The third-order valence-corrected chi connectivity index (χ3v) is 4.95. The summed E-state index contributed by atoms with van der Waals surface area (Å²) in [5.74, 6) is -2.51. The van der Waals surface area contributed by atoms with E-state index in [0.29, 0.717) is 12.2 Å². The van der Waals surface area contributed by atoms with Gasteiger partial charge in [0.05, 0.1) is 10.9 Å². The number of benzene rings is 2. The molecule has 0 aromatic heterocycles. The molecule has 0 bridgehead atoms. The van der Waals surface area contributed by atoms with Gasteiger partial charge in [0, 0.05) is 25.2 Å². The number of nitrogens with zero attached hydrogens (tertiary/aromatic N) is 2. The number of aromatic hydroxyl groups is 2. The second kappa shape index (κ2) is 8.66. The van der Waals surface area contributed by atoms with E-state index in [1.165, 1.54) is 5.57 Å². The minimum absolute atomic E-state index is 0.223. The van der Waals surface area contributed by atoms with Gasteiger partial charge >= 0.3 is 6.18 Å². The molecule has 2 heterocycles. The maximum atomic E-state index is 10.6. The molecule has 2 aromatic rings. The van der Waals surface area contributed by atoms with Crippen molar-refractivity contribution in [3.63, 3.8) is 0 Å². The monoisotopic (exact) mass is 435 g/mol. The van der Waals surface area contributed by atoms with Crippen LogP contribution in [-0.4, -0.2) is 48.7 Å². The highest BCUT2D eigenvalue weighted by atomic mass is 19.4. The van der Waals surface area contributed by atoms with Crippen LogP contribution in [0.2, 0.25) is 0 Å². The molecule has 3 N–H and O–H groups in total. The summed E-state index contributed by atoms with van der Waals surface area (Å²) in [6.07, 6.45) is -1.54. The Balaban J connectivity index is 0.000000339. The van der Waals surface area contributed by atoms with Gasteiger partial charge in [-0.3, -0.25) is 4.99 Å². The summed E-state index contributed by atoms with van der Waals surface area (Å²) in [5.41, 5.74) is 3.74. The molecule has 0 atom stereocenters. The highest BCUT2D eigenvalue weighted by molar-refractivity contribution is 6.08. The molecule has 0 unspecified atom stereocenters. The van der Waals surface area contributed by atoms with Crippen LogP contribution in [0, 0.1) is 0 Å². The largest absolute Gasteiger partial charge is 0.542 e. The molecule has 7 nitrogen and oxygen atoms in total. The highest BCUT2D eigenvalue weighted by Crippen LogP contribution is 2.32. The molecule has 2 aliphatic rings. The Morgan fingerprint density at radius 3 is 2.52 bits per heavy atom. The lowest BCUT2D eigenvalue weighted by atomic mass is 10.1. The van der Waals surface area contributed by atoms with Crippen molar-refractivity contribution in [2.24, 2.45) is 4.99 Å². The van der Waals surface area contributed by atoms with E-state index in [1.807, 2.05) is 24.4 Å². The number of carbonyl (C=O) groups is 1. The Hall–Kier alpha value is -3.56. The van der Waals surface area contributed by atoms with Crippen LogP contribution >= 0.6 is 0 Å². The first kappa shape index (κ1) is 22.1. The lowest BCUT2D eigenvalue weighted by molar-refractivity contribution is -0.344. The number of rotatable bonds is 4. The molecular formula is C21H20F3N3O4. The second-order valence-electron chi connectivity index (χ2n) is 7.10. The van der Waals surface area contributed by atoms with Crippen molar-refractivity contribution in [3.05, 3.63) is 46.5 Å². The third-order valence-electron chi connectivity index (χ3n) is 4.95. The van der Waals surface area contributed by atoms with Crippen molar-refractivity contribution >= 4 is 29.1 Å². The number of anilines is 1. The molecule has 4 rings (SSSR count). The van der Waals surface area contributed by atoms with Gasteiger partial charge in [-0.2, -0.15) is 13.2 Å². The minimum Gasteiger partial charge on any atom is -0.542 e. The number of phenols is 2. The third kappa shape index (κ3) is 4.96. The number of phenolic OH excluding ortho intramolecular Hbond substituents is 2. The summed E-state index contributed by atoms with van der Waals surface area (Å²) in [6.45, 7) is 1.66. The number of carboxylic acid groups (broad SMARTS) is 1. The number of aliphatic imine (C=N–C) groups is 1. The Labute approximate surface area is 175 Å². The number of nitrogens with one attached hydrogen (secondary N) is 1. The predicted octanol–water partition coefficient (Wildman–Crippen LogP) is 0.442. The van der Waals surface area contributed by atoms with E-state index in [2.05, 4.69) is 21.9 Å². The first-order chi connectivity index (χ1) is 14.6. The summed E-state index contributed by atoms with van der Waals surface area (Å²) < 4.78 is 33.8. The van der Waals surface area contributed by atoms with E-state index in [-0.39, 0.29) is 11.5 Å². The van der Waals surface area contributed by atoms with Crippen LogP contribution in [0.1, 0.15) is 12.0 Å². The summed E-state index contributed by atoms with van der Waals surface area (Å²) in [7, 11) is 2.07. The zero-order valence-electron chi connectivity index (χ0n) is 16.5. The van der Waals surface area contributed by atoms with Gasteiger partial charge < -0.3 is 25.4 Å². The maximum Gasteiger partial charge on any atom is 0.430 e. The number of alkyl halides is 3. The van der Waals surface area contributed by atoms with E-state index >= 15 is 0 Å². The van der Waals surface area contributed by atoms with Gasteiger partial charge in [0.25, 0.3) is 0 Å². The maximum absolute atomic E-state index is 10.6. The molecule has 10 heteroatoms. The standard InChI is InChI=1S/C19H19N3O2.C2HF3O2/c1-22-9-7-13-11-21-18-17(13)16(22)10-15(19(18)24)20-8-6-12-2-4-14(23)5-3-12;3-2(4,5)1(6)7/h2-5,10-11H,6-9H2,1H3,(H2,20,21,23,24);(H,6,7). The van der Waals surface area contributed by atoms with Crippen molar-refractivity contribution in [2.75, 3.05) is 25.5 Å². The predicted molar refractivity (Wildman–Crippen MR) is 107 cm³/mol. The molecule has 0 aliphatic carbocycles. The van der Waals surface area contributed by atoms with Crippen LogP contribution in [-0.2, 0) is 11.2 Å². The molecule has 2 aliphatic heterocycles. The van der Waals surface area contributed by atoms with E-state index in [4.69, 9.17) is 9.90 Å². The molecule has 31 heavy (non-hydrogen) atoms. The zero-order chi connectivity index (χ0) is 22.8. The molecule has 0 saturated heterocycles. The highest BCUT2D eigenvalue weighted by Gasteiger charge is 2.28. The Morgan fingerprint density at radius 1 is 1.26 bits per heavy atom. The molecule has 164 valence electrons. The van der Waals surface area contributed by atoms with Crippen LogP contribution in [0.25, 0.3) is 5.57 Å². The van der Waals surface area contributed by atoms with Crippen molar-refractivity contribution < 1.29 is 33.3 Å². The van der Waals surface area contributed by atoms with Crippen molar-refractivity contribution in [1.29, 1.82) is 0 Å². The van der Waals surface area contributed by atoms with Crippen molar-refractivity contribution in [3.8, 4) is 11.5 Å². The van der Waals surface area contributed by atoms with Crippen LogP contribution in [0.4, 0.5) is 24.5 Å². The van der Waals surface area contributed by atoms with Gasteiger partial charge in [0.15, 0.2) is 5.75 Å². The quantitative estimate of drug-likeness (QED) is 0.477. The summed E-state index contributed by atoms with van der Waals surface area (Å²) in [6, 6.07) is 9.20.